The summed E-state index contributed by atoms with van der Waals surface area (Å²) in [4.78, 5) is 6.53. The van der Waals surface area contributed by atoms with Gasteiger partial charge in [-0.2, -0.15) is 0 Å². The van der Waals surface area contributed by atoms with Gasteiger partial charge in [-0.25, -0.2) is 0 Å². The third kappa shape index (κ3) is 2.46. The van der Waals surface area contributed by atoms with E-state index in [1.165, 1.54) is 11.3 Å². The van der Waals surface area contributed by atoms with E-state index in [1.807, 2.05) is 19.4 Å². The van der Waals surface area contributed by atoms with E-state index in [0.29, 0.717) is 0 Å². The SMILES string of the molecule is CNCc1ccncc1N1CCOCC1. The lowest BCUT2D eigenvalue weighted by Gasteiger charge is -2.30. The molecule has 82 valence electrons. The van der Waals surface area contributed by atoms with E-state index in [0.717, 1.165) is 32.8 Å². The summed E-state index contributed by atoms with van der Waals surface area (Å²) in [5.74, 6) is 0. The first-order chi connectivity index (χ1) is 7.42. The summed E-state index contributed by atoms with van der Waals surface area (Å²) in [7, 11) is 1.96. The molecule has 0 saturated carbocycles. The molecule has 1 saturated heterocycles. The summed E-state index contributed by atoms with van der Waals surface area (Å²) in [5.41, 5.74) is 2.53. The van der Waals surface area contributed by atoms with Gasteiger partial charge in [0.2, 0.25) is 0 Å². The number of hydrogen-bond donors (Lipinski definition) is 1. The van der Waals surface area contributed by atoms with Crippen LogP contribution in [0.2, 0.25) is 0 Å². The molecule has 1 fully saturated rings. The van der Waals surface area contributed by atoms with Crippen molar-refractivity contribution < 1.29 is 4.74 Å². The Kier molecular flexibility index (Phi) is 3.53. The third-order valence-electron chi connectivity index (χ3n) is 2.61. The number of anilines is 1. The predicted molar refractivity (Wildman–Crippen MR) is 60.0 cm³/mol. The van der Waals surface area contributed by atoms with Crippen LogP contribution in [0.15, 0.2) is 18.5 Å². The smallest absolute Gasteiger partial charge is 0.0642 e. The zero-order valence-corrected chi connectivity index (χ0v) is 9.07. The molecule has 0 radical (unpaired) electrons. The van der Waals surface area contributed by atoms with Gasteiger partial charge in [0.25, 0.3) is 0 Å². The number of rotatable bonds is 3. The van der Waals surface area contributed by atoms with Crippen LogP contribution in [0.1, 0.15) is 5.56 Å². The van der Waals surface area contributed by atoms with E-state index in [1.54, 1.807) is 0 Å². The zero-order chi connectivity index (χ0) is 10.5. The molecule has 2 heterocycles. The third-order valence-corrected chi connectivity index (χ3v) is 2.61. The average molecular weight is 207 g/mol. The van der Waals surface area contributed by atoms with Crippen molar-refractivity contribution in [3.05, 3.63) is 24.0 Å². The number of pyridine rings is 1. The molecule has 1 aromatic heterocycles. The molecule has 0 bridgehead atoms. The lowest BCUT2D eigenvalue weighted by atomic mass is 10.2. The minimum atomic E-state index is 0.813. The van der Waals surface area contributed by atoms with Crippen molar-refractivity contribution in [2.75, 3.05) is 38.3 Å². The molecule has 0 amide bonds. The molecule has 15 heavy (non-hydrogen) atoms. The zero-order valence-electron chi connectivity index (χ0n) is 9.07. The summed E-state index contributed by atoms with van der Waals surface area (Å²) in [5, 5.41) is 3.18. The van der Waals surface area contributed by atoms with E-state index in [9.17, 15) is 0 Å². The number of aromatic nitrogens is 1. The summed E-state index contributed by atoms with van der Waals surface area (Å²) < 4.78 is 5.34. The normalized spacial score (nSPS) is 16.7. The van der Waals surface area contributed by atoms with Crippen molar-refractivity contribution in [2.45, 2.75) is 6.54 Å². The quantitative estimate of drug-likeness (QED) is 0.789. The van der Waals surface area contributed by atoms with E-state index in [-0.39, 0.29) is 0 Å². The standard InChI is InChI=1S/C11H17N3O/c1-12-8-10-2-3-13-9-11(10)14-4-6-15-7-5-14/h2-3,9,12H,4-8H2,1H3. The maximum atomic E-state index is 5.34. The second-order valence-corrected chi connectivity index (χ2v) is 3.63. The van der Waals surface area contributed by atoms with Gasteiger partial charge >= 0.3 is 0 Å². The van der Waals surface area contributed by atoms with E-state index in [4.69, 9.17) is 4.74 Å². The van der Waals surface area contributed by atoms with Crippen LogP contribution in [-0.4, -0.2) is 38.3 Å². The van der Waals surface area contributed by atoms with Crippen LogP contribution in [0.4, 0.5) is 5.69 Å². The summed E-state index contributed by atoms with van der Waals surface area (Å²) in [6, 6.07) is 2.07. The maximum absolute atomic E-state index is 5.34. The Morgan fingerprint density at radius 1 is 1.47 bits per heavy atom. The van der Waals surface area contributed by atoms with Gasteiger partial charge in [-0.15, -0.1) is 0 Å². The Bertz CT molecular complexity index is 310. The number of nitrogens with zero attached hydrogens (tertiary/aromatic N) is 2. The van der Waals surface area contributed by atoms with Crippen molar-refractivity contribution in [3.63, 3.8) is 0 Å². The number of morpholine rings is 1. The van der Waals surface area contributed by atoms with Gasteiger partial charge in [0.05, 0.1) is 25.1 Å². The molecule has 4 nitrogen and oxygen atoms in total. The molecular formula is C11H17N3O. The first-order valence-corrected chi connectivity index (χ1v) is 5.32. The first-order valence-electron chi connectivity index (χ1n) is 5.32. The van der Waals surface area contributed by atoms with Gasteiger partial charge in [0.1, 0.15) is 0 Å². The predicted octanol–water partition coefficient (Wildman–Crippen LogP) is 0.638. The molecule has 0 spiro atoms. The van der Waals surface area contributed by atoms with Crippen LogP contribution in [0, 0.1) is 0 Å². The Morgan fingerprint density at radius 3 is 3.00 bits per heavy atom. The second kappa shape index (κ2) is 5.09. The lowest BCUT2D eigenvalue weighted by Crippen LogP contribution is -2.37. The van der Waals surface area contributed by atoms with Crippen molar-refractivity contribution in [3.8, 4) is 0 Å². The van der Waals surface area contributed by atoms with Gasteiger partial charge in [0.15, 0.2) is 0 Å². The van der Waals surface area contributed by atoms with Crippen molar-refractivity contribution in [2.24, 2.45) is 0 Å². The van der Waals surface area contributed by atoms with Crippen molar-refractivity contribution in [1.29, 1.82) is 0 Å². The van der Waals surface area contributed by atoms with E-state index in [2.05, 4.69) is 21.3 Å². The van der Waals surface area contributed by atoms with Crippen LogP contribution in [-0.2, 0) is 11.3 Å². The highest BCUT2D eigenvalue weighted by atomic mass is 16.5. The molecule has 4 heteroatoms. The van der Waals surface area contributed by atoms with Gasteiger partial charge in [-0.05, 0) is 18.7 Å². The summed E-state index contributed by atoms with van der Waals surface area (Å²) >= 11 is 0. The fourth-order valence-electron chi connectivity index (χ4n) is 1.84. The fourth-order valence-corrected chi connectivity index (χ4v) is 1.84. The Labute approximate surface area is 90.3 Å². The fraction of sp³-hybridized carbons (Fsp3) is 0.545. The van der Waals surface area contributed by atoms with Crippen LogP contribution < -0.4 is 10.2 Å². The van der Waals surface area contributed by atoms with Crippen LogP contribution in [0.3, 0.4) is 0 Å². The minimum absolute atomic E-state index is 0.813. The van der Waals surface area contributed by atoms with Gasteiger partial charge in [-0.1, -0.05) is 0 Å². The Balaban J connectivity index is 2.17. The highest BCUT2D eigenvalue weighted by Crippen LogP contribution is 2.19. The molecule has 0 unspecified atom stereocenters. The Morgan fingerprint density at radius 2 is 2.27 bits per heavy atom. The molecule has 0 atom stereocenters. The maximum Gasteiger partial charge on any atom is 0.0642 e. The molecule has 1 aromatic rings. The molecule has 0 aromatic carbocycles. The molecule has 1 aliphatic heterocycles. The van der Waals surface area contributed by atoms with Crippen molar-refractivity contribution in [1.82, 2.24) is 10.3 Å². The van der Waals surface area contributed by atoms with Gasteiger partial charge in [-0.3, -0.25) is 4.98 Å². The number of ether oxygens (including phenoxy) is 1. The highest BCUT2D eigenvalue weighted by Gasteiger charge is 2.13. The van der Waals surface area contributed by atoms with Crippen LogP contribution in [0.25, 0.3) is 0 Å². The van der Waals surface area contributed by atoms with Crippen LogP contribution in [0.5, 0.6) is 0 Å². The molecular weight excluding hydrogens is 190 g/mol. The highest BCUT2D eigenvalue weighted by molar-refractivity contribution is 5.51. The summed E-state index contributed by atoms with van der Waals surface area (Å²) in [6.45, 7) is 4.43. The first kappa shape index (κ1) is 10.4. The molecule has 1 aliphatic rings. The topological polar surface area (TPSA) is 37.4 Å². The number of nitrogens with one attached hydrogen (secondary N) is 1. The van der Waals surface area contributed by atoms with E-state index >= 15 is 0 Å². The monoisotopic (exact) mass is 207 g/mol. The largest absolute Gasteiger partial charge is 0.378 e. The second-order valence-electron chi connectivity index (χ2n) is 3.63. The van der Waals surface area contributed by atoms with E-state index < -0.39 is 0 Å². The molecule has 0 aliphatic carbocycles. The minimum Gasteiger partial charge on any atom is -0.378 e. The summed E-state index contributed by atoms with van der Waals surface area (Å²) in [6.07, 6.45) is 3.79. The number of hydrogen-bond acceptors (Lipinski definition) is 4. The lowest BCUT2D eigenvalue weighted by molar-refractivity contribution is 0.122. The average Bonchev–Trinajstić information content (AvgIpc) is 2.31. The molecule has 2 rings (SSSR count). The Hall–Kier alpha value is -1.13. The van der Waals surface area contributed by atoms with Gasteiger partial charge in [0, 0.05) is 25.8 Å². The van der Waals surface area contributed by atoms with Crippen LogP contribution >= 0.6 is 0 Å². The van der Waals surface area contributed by atoms with Gasteiger partial charge < -0.3 is 15.0 Å². The van der Waals surface area contributed by atoms with Crippen molar-refractivity contribution >= 4 is 5.69 Å². The molecule has 1 N–H and O–H groups in total.